The van der Waals surface area contributed by atoms with E-state index in [1.807, 2.05) is 92.4 Å². The molecule has 6 aromatic carbocycles. The average Bonchev–Trinajstić information content (AvgIpc) is 3.29. The molecule has 0 fully saturated rings. The van der Waals surface area contributed by atoms with Gasteiger partial charge >= 0.3 is 0 Å². The van der Waals surface area contributed by atoms with Crippen molar-refractivity contribution in [2.45, 2.75) is 27.7 Å². The van der Waals surface area contributed by atoms with Crippen molar-refractivity contribution in [3.05, 3.63) is 217 Å². The Morgan fingerprint density at radius 2 is 1.13 bits per heavy atom. The Bertz CT molecular complexity index is 3080. The summed E-state index contributed by atoms with van der Waals surface area (Å²) in [5, 5.41) is 3.58. The minimum atomic E-state index is 0. The number of rotatable bonds is 6. The van der Waals surface area contributed by atoms with Gasteiger partial charge in [-0.15, -0.1) is 59.2 Å². The summed E-state index contributed by atoms with van der Waals surface area (Å²) in [6.07, 6.45) is 7.55. The van der Waals surface area contributed by atoms with Crippen LogP contribution in [0, 0.1) is 39.8 Å². The molecule has 0 aliphatic heterocycles. The Kier molecular flexibility index (Phi) is 12.2. The van der Waals surface area contributed by atoms with Crippen LogP contribution in [0.3, 0.4) is 0 Å². The molecule has 61 heavy (non-hydrogen) atoms. The van der Waals surface area contributed by atoms with Crippen LogP contribution in [0.4, 0.5) is 0 Å². The van der Waals surface area contributed by atoms with Gasteiger partial charge in [0.2, 0.25) is 0 Å². The number of aryl methyl sites for hydroxylation is 4. The molecule has 0 spiro atoms. The van der Waals surface area contributed by atoms with Crippen LogP contribution in [0.1, 0.15) is 22.4 Å². The molecule has 0 atom stereocenters. The summed E-state index contributed by atoms with van der Waals surface area (Å²) in [5.74, 6) is 0. The third kappa shape index (κ3) is 8.72. The topological polar surface area (TPSA) is 51.6 Å². The van der Waals surface area contributed by atoms with E-state index in [4.69, 9.17) is 4.98 Å². The Labute approximate surface area is 371 Å². The Hall–Kier alpha value is -6.91. The van der Waals surface area contributed by atoms with Crippen LogP contribution < -0.4 is 0 Å². The maximum absolute atomic E-state index is 4.75. The third-order valence-corrected chi connectivity index (χ3v) is 11.0. The van der Waals surface area contributed by atoms with Crippen LogP contribution in [0.15, 0.2) is 183 Å². The number of hydrogen-bond donors (Lipinski definition) is 0. The number of nitrogens with zero attached hydrogens (tertiary/aromatic N) is 4. The largest absolute Gasteiger partial charge is 0.305 e. The monoisotopic (exact) mass is 963 g/mol. The second-order valence-corrected chi connectivity index (χ2v) is 15.2. The molecule has 0 amide bonds. The first-order chi connectivity index (χ1) is 29.4. The predicted molar refractivity (Wildman–Crippen MR) is 248 cm³/mol. The molecule has 4 heterocycles. The van der Waals surface area contributed by atoms with Crippen LogP contribution >= 0.6 is 0 Å². The minimum absolute atomic E-state index is 0. The van der Waals surface area contributed by atoms with Crippen molar-refractivity contribution in [3.8, 4) is 67.0 Å². The van der Waals surface area contributed by atoms with Gasteiger partial charge in [0.1, 0.15) is 0 Å². The van der Waals surface area contributed by atoms with Crippen molar-refractivity contribution in [2.75, 3.05) is 0 Å². The number of hydrogen-bond acceptors (Lipinski definition) is 4. The number of benzene rings is 6. The molecule has 5 heteroatoms. The molecule has 0 bridgehead atoms. The molecule has 0 aliphatic rings. The van der Waals surface area contributed by atoms with Gasteiger partial charge in [-0.2, -0.15) is 0 Å². The SMILES string of the molecule is Cc1ccnc(-c2[c-]cc(C)c(-c3cc(-c4cnc(C)cc4C)cc(-c4cc5ncccc5c5ccccc45)c3)c2)c1.[Ir].[c-]1cccc(-c2ccccc2)c1-c1ccccn1. The fourth-order valence-corrected chi connectivity index (χ4v) is 7.98. The van der Waals surface area contributed by atoms with E-state index >= 15 is 0 Å². The zero-order chi connectivity index (χ0) is 41.0. The Morgan fingerprint density at radius 3 is 1.90 bits per heavy atom. The van der Waals surface area contributed by atoms with Gasteiger partial charge in [-0.3, -0.25) is 9.97 Å². The van der Waals surface area contributed by atoms with Crippen molar-refractivity contribution in [1.29, 1.82) is 0 Å². The first kappa shape index (κ1) is 40.9. The molecule has 0 saturated heterocycles. The third-order valence-electron chi connectivity index (χ3n) is 11.0. The Morgan fingerprint density at radius 1 is 0.426 bits per heavy atom. The molecule has 4 nitrogen and oxygen atoms in total. The number of pyridine rings is 4. The van der Waals surface area contributed by atoms with E-state index in [0.29, 0.717) is 0 Å². The smallest absolute Gasteiger partial charge is 0.0714 e. The van der Waals surface area contributed by atoms with Crippen LogP contribution in [-0.4, -0.2) is 19.9 Å². The van der Waals surface area contributed by atoms with Gasteiger partial charge in [0, 0.05) is 61.5 Å². The van der Waals surface area contributed by atoms with E-state index < -0.39 is 0 Å². The molecule has 10 aromatic rings. The second kappa shape index (κ2) is 18.1. The van der Waals surface area contributed by atoms with Crippen molar-refractivity contribution < 1.29 is 20.1 Å². The van der Waals surface area contributed by atoms with Crippen molar-refractivity contribution >= 4 is 21.7 Å². The van der Waals surface area contributed by atoms with E-state index in [2.05, 4.69) is 145 Å². The molecule has 0 saturated carbocycles. The van der Waals surface area contributed by atoms with Crippen molar-refractivity contribution in [1.82, 2.24) is 19.9 Å². The summed E-state index contributed by atoms with van der Waals surface area (Å²) in [5.41, 5.74) is 18.7. The summed E-state index contributed by atoms with van der Waals surface area (Å²) in [7, 11) is 0. The molecular weight excluding hydrogens is 921 g/mol. The average molecular weight is 963 g/mol. The van der Waals surface area contributed by atoms with Crippen LogP contribution in [0.5, 0.6) is 0 Å². The van der Waals surface area contributed by atoms with Gasteiger partial charge in [0.25, 0.3) is 0 Å². The minimum Gasteiger partial charge on any atom is -0.305 e. The van der Waals surface area contributed by atoms with Gasteiger partial charge in [-0.25, -0.2) is 0 Å². The van der Waals surface area contributed by atoms with Gasteiger partial charge in [-0.05, 0) is 119 Å². The van der Waals surface area contributed by atoms with E-state index in [-0.39, 0.29) is 20.1 Å². The van der Waals surface area contributed by atoms with Crippen LogP contribution in [-0.2, 0) is 20.1 Å². The molecule has 1 radical (unpaired) electrons. The summed E-state index contributed by atoms with van der Waals surface area (Å²) in [6, 6.07) is 61.6. The molecule has 0 N–H and O–H groups in total. The van der Waals surface area contributed by atoms with Crippen molar-refractivity contribution in [2.24, 2.45) is 0 Å². The summed E-state index contributed by atoms with van der Waals surface area (Å²) in [4.78, 5) is 18.5. The quantitative estimate of drug-likeness (QED) is 0.123. The zero-order valence-corrected chi connectivity index (χ0v) is 36.8. The first-order valence-electron chi connectivity index (χ1n) is 20.2. The molecule has 0 aliphatic carbocycles. The molecule has 4 aromatic heterocycles. The number of aromatic nitrogens is 4. The molecular formula is C56H42IrN4-2. The summed E-state index contributed by atoms with van der Waals surface area (Å²) < 4.78 is 0. The standard InChI is InChI=1S/C39H30N3.C17H12N.Ir/c1-24-13-15-41-38(16-24)28-12-11-25(2)35(21-28)29-18-30(20-31(19-29)37-23-42-27(4)17-26(37)3)36-22-39-34(10-7-14-40-39)32-8-5-6-9-33(32)36;1-2-8-14(9-3-1)15-10-4-5-11-16(15)17-12-6-7-13-18-17;/h5-11,13-23H,1-4H3;1-10,12-13H;/q2*-1;. The molecule has 10 rings (SSSR count). The normalized spacial score (nSPS) is 10.8. The van der Waals surface area contributed by atoms with Gasteiger partial charge in [-0.1, -0.05) is 108 Å². The zero-order valence-electron chi connectivity index (χ0n) is 34.4. The summed E-state index contributed by atoms with van der Waals surface area (Å²) >= 11 is 0. The van der Waals surface area contributed by atoms with Crippen LogP contribution in [0.2, 0.25) is 0 Å². The Balaban J connectivity index is 0.000000226. The molecule has 297 valence electrons. The fraction of sp³-hybridized carbons (Fsp3) is 0.0714. The molecule has 0 unspecified atom stereocenters. The predicted octanol–water partition coefficient (Wildman–Crippen LogP) is 14.1. The summed E-state index contributed by atoms with van der Waals surface area (Å²) in [6.45, 7) is 8.45. The van der Waals surface area contributed by atoms with E-state index in [1.165, 1.54) is 38.6 Å². The van der Waals surface area contributed by atoms with E-state index in [9.17, 15) is 0 Å². The number of fused-ring (bicyclic) bond motifs is 3. The fourth-order valence-electron chi connectivity index (χ4n) is 7.98. The van der Waals surface area contributed by atoms with Gasteiger partial charge in [0.05, 0.1) is 5.52 Å². The maximum atomic E-state index is 4.75. The van der Waals surface area contributed by atoms with Crippen molar-refractivity contribution in [3.63, 3.8) is 0 Å². The first-order valence-corrected chi connectivity index (χ1v) is 20.2. The van der Waals surface area contributed by atoms with Gasteiger partial charge < -0.3 is 9.97 Å². The van der Waals surface area contributed by atoms with Crippen LogP contribution in [0.25, 0.3) is 88.7 Å². The van der Waals surface area contributed by atoms with Gasteiger partial charge in [0.15, 0.2) is 0 Å². The van der Waals surface area contributed by atoms with E-state index in [0.717, 1.165) is 72.5 Å². The maximum Gasteiger partial charge on any atom is 0.0714 e. The van der Waals surface area contributed by atoms with E-state index in [1.54, 1.807) is 0 Å². The second-order valence-electron chi connectivity index (χ2n) is 15.2.